The van der Waals surface area contributed by atoms with Gasteiger partial charge in [0.05, 0.1) is 18.2 Å². The van der Waals surface area contributed by atoms with Gasteiger partial charge in [0.1, 0.15) is 10.6 Å². The molecule has 0 saturated carbocycles. The van der Waals surface area contributed by atoms with Gasteiger partial charge in [0, 0.05) is 15.1 Å². The molecule has 2 aromatic carbocycles. The molecule has 0 fully saturated rings. The Hall–Kier alpha value is -2.09. The highest BCUT2D eigenvalue weighted by molar-refractivity contribution is 9.10. The van der Waals surface area contributed by atoms with Gasteiger partial charge in [-0.1, -0.05) is 60.6 Å². The van der Waals surface area contributed by atoms with Gasteiger partial charge in [-0.15, -0.1) is 11.3 Å². The number of aromatic nitrogens is 2. The van der Waals surface area contributed by atoms with Crippen molar-refractivity contribution in [1.29, 1.82) is 0 Å². The molecule has 1 aliphatic carbocycles. The van der Waals surface area contributed by atoms with Crippen molar-refractivity contribution < 1.29 is 4.74 Å². The maximum Gasteiger partial charge on any atom is 0.267 e. The van der Waals surface area contributed by atoms with Gasteiger partial charge < -0.3 is 4.74 Å². The van der Waals surface area contributed by atoms with E-state index in [0.29, 0.717) is 5.92 Å². The summed E-state index contributed by atoms with van der Waals surface area (Å²) in [6.45, 7) is 6.96. The molecule has 0 radical (unpaired) electrons. The van der Waals surface area contributed by atoms with Gasteiger partial charge in [0.25, 0.3) is 5.56 Å². The number of thiophene rings is 1. The van der Waals surface area contributed by atoms with E-state index in [-0.39, 0.29) is 11.0 Å². The number of hydrogen-bond acceptors (Lipinski definition) is 5. The normalized spacial score (nSPS) is 15.9. The van der Waals surface area contributed by atoms with Crippen LogP contribution in [-0.2, 0) is 18.6 Å². The Morgan fingerprint density at radius 1 is 1.14 bits per heavy atom. The molecule has 0 saturated heterocycles. The molecule has 2 aromatic heterocycles. The van der Waals surface area contributed by atoms with E-state index in [2.05, 4.69) is 48.8 Å². The van der Waals surface area contributed by atoms with Gasteiger partial charge >= 0.3 is 0 Å². The molecule has 35 heavy (non-hydrogen) atoms. The molecule has 0 N–H and O–H groups in total. The third kappa shape index (κ3) is 4.95. The van der Waals surface area contributed by atoms with Crippen molar-refractivity contribution in [2.45, 2.75) is 50.9 Å². The van der Waals surface area contributed by atoms with Crippen LogP contribution < -0.4 is 10.3 Å². The minimum Gasteiger partial charge on any atom is -0.497 e. The zero-order valence-corrected chi connectivity index (χ0v) is 23.6. The third-order valence-corrected chi connectivity index (χ3v) is 9.58. The third-order valence-electron chi connectivity index (χ3n) is 6.89. The van der Waals surface area contributed by atoms with E-state index < -0.39 is 0 Å². The Bertz CT molecular complexity index is 1420. The minimum absolute atomic E-state index is 0.0326. The van der Waals surface area contributed by atoms with Crippen LogP contribution in [0.4, 0.5) is 0 Å². The number of ether oxygens (including phenoxy) is 1. The average molecular weight is 570 g/mol. The lowest BCUT2D eigenvalue weighted by Crippen LogP contribution is -2.27. The second kappa shape index (κ2) is 9.75. The average Bonchev–Trinajstić information content (AvgIpc) is 3.21. The fourth-order valence-electron chi connectivity index (χ4n) is 4.73. The van der Waals surface area contributed by atoms with E-state index in [4.69, 9.17) is 9.72 Å². The van der Waals surface area contributed by atoms with E-state index in [9.17, 15) is 4.79 Å². The number of aryl methyl sites for hydroxylation is 1. The number of nitrogens with zero attached hydrogens (tertiary/aromatic N) is 2. The Morgan fingerprint density at radius 3 is 2.51 bits per heavy atom. The highest BCUT2D eigenvalue weighted by Gasteiger charge is 2.32. The molecule has 0 bridgehead atoms. The Balaban J connectivity index is 1.62. The van der Waals surface area contributed by atoms with Crippen LogP contribution >= 0.6 is 39.0 Å². The van der Waals surface area contributed by atoms with Crippen molar-refractivity contribution in [2.75, 3.05) is 7.11 Å². The summed E-state index contributed by atoms with van der Waals surface area (Å²) in [6, 6.07) is 15.9. The van der Waals surface area contributed by atoms with Crippen LogP contribution in [0, 0.1) is 11.3 Å². The fourth-order valence-corrected chi connectivity index (χ4v) is 7.30. The molecule has 5 rings (SSSR count). The predicted octanol–water partition coefficient (Wildman–Crippen LogP) is 7.66. The number of fused-ring (bicyclic) bond motifs is 3. The monoisotopic (exact) mass is 568 g/mol. The molecule has 1 atom stereocenters. The second-order valence-electron chi connectivity index (χ2n) is 10.1. The van der Waals surface area contributed by atoms with Crippen LogP contribution in [0.5, 0.6) is 5.75 Å². The summed E-state index contributed by atoms with van der Waals surface area (Å²) in [6.07, 6.45) is 3.09. The van der Waals surface area contributed by atoms with Gasteiger partial charge in [-0.25, -0.2) is 4.98 Å². The first-order valence-corrected chi connectivity index (χ1v) is 14.4. The molecule has 2 heterocycles. The molecular weight excluding hydrogens is 540 g/mol. The van der Waals surface area contributed by atoms with Crippen LogP contribution in [-0.4, -0.2) is 16.7 Å². The summed E-state index contributed by atoms with van der Waals surface area (Å²) < 4.78 is 8.18. The first kappa shape index (κ1) is 24.6. The number of benzene rings is 2. The lowest BCUT2D eigenvalue weighted by Gasteiger charge is -2.33. The van der Waals surface area contributed by atoms with Crippen molar-refractivity contribution in [2.24, 2.45) is 11.3 Å². The van der Waals surface area contributed by atoms with E-state index in [0.717, 1.165) is 56.3 Å². The highest BCUT2D eigenvalue weighted by Crippen LogP contribution is 2.42. The maximum absolute atomic E-state index is 14.1. The number of rotatable bonds is 5. The molecule has 4 nitrogen and oxygen atoms in total. The SMILES string of the molecule is COc1ccc(-n2c(SCc3ccc(Br)cc3)nc3sc4c(c3c2=O)CC[C@H](C(C)(C)C)C4)cc1. The summed E-state index contributed by atoms with van der Waals surface area (Å²) in [5.74, 6) is 2.12. The lowest BCUT2D eigenvalue weighted by atomic mass is 9.72. The predicted molar refractivity (Wildman–Crippen MR) is 150 cm³/mol. The molecule has 0 unspecified atom stereocenters. The first-order valence-electron chi connectivity index (χ1n) is 11.8. The number of thioether (sulfide) groups is 1. The van der Waals surface area contributed by atoms with E-state index in [1.165, 1.54) is 16.0 Å². The smallest absolute Gasteiger partial charge is 0.267 e. The Morgan fingerprint density at radius 2 is 1.86 bits per heavy atom. The number of hydrogen-bond donors (Lipinski definition) is 0. The minimum atomic E-state index is 0.0326. The van der Waals surface area contributed by atoms with Crippen LogP contribution in [0.25, 0.3) is 15.9 Å². The van der Waals surface area contributed by atoms with E-state index in [1.807, 2.05) is 36.4 Å². The highest BCUT2D eigenvalue weighted by atomic mass is 79.9. The van der Waals surface area contributed by atoms with Crippen molar-refractivity contribution in [3.8, 4) is 11.4 Å². The summed E-state index contributed by atoms with van der Waals surface area (Å²) in [5, 5.41) is 1.53. The van der Waals surface area contributed by atoms with Crippen LogP contribution in [0.15, 0.2) is 63.0 Å². The van der Waals surface area contributed by atoms with Crippen molar-refractivity contribution >= 4 is 49.2 Å². The van der Waals surface area contributed by atoms with Gasteiger partial charge in [0.15, 0.2) is 5.16 Å². The van der Waals surface area contributed by atoms with E-state index >= 15 is 0 Å². The molecular formula is C28H29BrN2O2S2. The zero-order chi connectivity index (χ0) is 24.7. The van der Waals surface area contributed by atoms with Crippen molar-refractivity contribution in [3.63, 3.8) is 0 Å². The van der Waals surface area contributed by atoms with Crippen molar-refractivity contribution in [1.82, 2.24) is 9.55 Å². The quantitative estimate of drug-likeness (QED) is 0.183. The van der Waals surface area contributed by atoms with Crippen molar-refractivity contribution in [3.05, 3.63) is 79.4 Å². The molecule has 4 aromatic rings. The van der Waals surface area contributed by atoms with E-state index in [1.54, 1.807) is 34.8 Å². The van der Waals surface area contributed by atoms with Crippen LogP contribution in [0.2, 0.25) is 0 Å². The Labute approximate surface area is 222 Å². The summed E-state index contributed by atoms with van der Waals surface area (Å²) in [5.41, 5.74) is 3.51. The van der Waals surface area contributed by atoms with Gasteiger partial charge in [-0.05, 0) is 78.1 Å². The molecule has 182 valence electrons. The molecule has 7 heteroatoms. The molecule has 0 spiro atoms. The topological polar surface area (TPSA) is 44.1 Å². The van der Waals surface area contributed by atoms with Gasteiger partial charge in [-0.2, -0.15) is 0 Å². The first-order chi connectivity index (χ1) is 16.7. The molecule has 0 amide bonds. The largest absolute Gasteiger partial charge is 0.497 e. The number of halogens is 1. The second-order valence-corrected chi connectivity index (χ2v) is 13.1. The maximum atomic E-state index is 14.1. The van der Waals surface area contributed by atoms with Gasteiger partial charge in [0.2, 0.25) is 0 Å². The summed E-state index contributed by atoms with van der Waals surface area (Å²) >= 11 is 6.82. The number of methoxy groups -OCH3 is 1. The lowest BCUT2D eigenvalue weighted by molar-refractivity contribution is 0.218. The van der Waals surface area contributed by atoms with Crippen LogP contribution in [0.3, 0.4) is 0 Å². The summed E-state index contributed by atoms with van der Waals surface area (Å²) in [4.78, 5) is 21.3. The molecule has 0 aliphatic heterocycles. The standard InChI is InChI=1S/C28H29BrN2O2S2/c1-28(2,3)18-7-14-22-23(15-18)35-25-24(22)26(32)31(20-10-12-21(33-4)13-11-20)27(30-25)34-16-17-5-8-19(29)9-6-17/h5-6,8-13,18H,7,14-16H2,1-4H3/t18-/m0/s1. The zero-order valence-electron chi connectivity index (χ0n) is 20.4. The summed E-state index contributed by atoms with van der Waals surface area (Å²) in [7, 11) is 1.65. The molecule has 1 aliphatic rings. The Kier molecular flexibility index (Phi) is 6.85. The van der Waals surface area contributed by atoms with Crippen LogP contribution in [0.1, 0.15) is 43.2 Å². The van der Waals surface area contributed by atoms with Gasteiger partial charge in [-0.3, -0.25) is 9.36 Å². The fraction of sp³-hybridized carbons (Fsp3) is 0.357.